The van der Waals surface area contributed by atoms with Crippen molar-refractivity contribution in [2.75, 3.05) is 53.4 Å². The topological polar surface area (TPSA) is 36.0 Å². The van der Waals surface area contributed by atoms with E-state index in [1.807, 2.05) is 11.9 Å². The van der Waals surface area contributed by atoms with Crippen LogP contribution in [0.4, 0.5) is 4.39 Å². The van der Waals surface area contributed by atoms with Crippen molar-refractivity contribution in [1.29, 1.82) is 0 Å². The largest absolute Gasteiger partial charge is 0.493 e. The van der Waals surface area contributed by atoms with Crippen LogP contribution in [-0.4, -0.2) is 74.0 Å². The highest BCUT2D eigenvalue weighted by Crippen LogP contribution is 2.47. The average molecular weight is 333 g/mol. The summed E-state index contributed by atoms with van der Waals surface area (Å²) in [6.45, 7) is 4.66. The van der Waals surface area contributed by atoms with Crippen molar-refractivity contribution in [3.63, 3.8) is 0 Å². The Labute approximate surface area is 142 Å². The summed E-state index contributed by atoms with van der Waals surface area (Å²) in [5.74, 6) is 0.750. The monoisotopic (exact) mass is 333 g/mol. The molecule has 3 aliphatic rings. The molecule has 1 aromatic rings. The van der Waals surface area contributed by atoms with Gasteiger partial charge in [0.1, 0.15) is 11.6 Å². The van der Waals surface area contributed by atoms with Crippen LogP contribution in [0.3, 0.4) is 0 Å². The van der Waals surface area contributed by atoms with Gasteiger partial charge in [-0.3, -0.25) is 9.69 Å². The smallest absolute Gasteiger partial charge is 0.227 e. The summed E-state index contributed by atoms with van der Waals surface area (Å²) in [6.07, 6.45) is 0. The highest BCUT2D eigenvalue weighted by atomic mass is 19.1. The van der Waals surface area contributed by atoms with E-state index in [4.69, 9.17) is 4.74 Å². The Morgan fingerprint density at radius 3 is 2.71 bits per heavy atom. The van der Waals surface area contributed by atoms with Crippen molar-refractivity contribution in [3.8, 4) is 5.75 Å². The van der Waals surface area contributed by atoms with Gasteiger partial charge in [-0.05, 0) is 32.3 Å². The van der Waals surface area contributed by atoms with Gasteiger partial charge in [0.2, 0.25) is 5.91 Å². The average Bonchev–Trinajstić information content (AvgIpc) is 2.92. The summed E-state index contributed by atoms with van der Waals surface area (Å²) in [7, 11) is 4.11. The molecule has 0 spiro atoms. The summed E-state index contributed by atoms with van der Waals surface area (Å²) >= 11 is 0. The second-order valence-electron chi connectivity index (χ2n) is 7.28. The van der Waals surface area contributed by atoms with E-state index < -0.39 is 0 Å². The maximum atomic E-state index is 13.7. The number of ether oxygens (including phenoxy) is 1. The third kappa shape index (κ3) is 2.58. The van der Waals surface area contributed by atoms with Gasteiger partial charge < -0.3 is 14.5 Å². The van der Waals surface area contributed by atoms with Crippen molar-refractivity contribution in [2.24, 2.45) is 11.8 Å². The summed E-state index contributed by atoms with van der Waals surface area (Å²) in [5, 5.41) is 0. The summed E-state index contributed by atoms with van der Waals surface area (Å²) in [4.78, 5) is 19.5. The molecule has 0 saturated carbocycles. The fourth-order valence-electron chi connectivity index (χ4n) is 4.37. The van der Waals surface area contributed by atoms with Crippen LogP contribution in [0, 0.1) is 17.7 Å². The number of hydrogen-bond acceptors (Lipinski definition) is 4. The molecule has 3 heterocycles. The molecule has 3 atom stereocenters. The number of carbonyl (C=O) groups excluding carboxylic acids is 1. The zero-order valence-electron chi connectivity index (χ0n) is 14.2. The van der Waals surface area contributed by atoms with E-state index in [0.717, 1.165) is 37.5 Å². The van der Waals surface area contributed by atoms with E-state index in [2.05, 4.69) is 16.8 Å². The maximum absolute atomic E-state index is 13.7. The third-order valence-corrected chi connectivity index (χ3v) is 5.74. The molecule has 0 aliphatic carbocycles. The molecule has 2 saturated heterocycles. The zero-order valence-corrected chi connectivity index (χ0v) is 14.2. The first-order valence-corrected chi connectivity index (χ1v) is 8.64. The van der Waals surface area contributed by atoms with Gasteiger partial charge in [-0.25, -0.2) is 4.39 Å². The number of rotatable bonds is 1. The second kappa shape index (κ2) is 6.01. The first-order valence-electron chi connectivity index (χ1n) is 8.64. The maximum Gasteiger partial charge on any atom is 0.227 e. The number of piperazine rings is 1. The van der Waals surface area contributed by atoms with Gasteiger partial charge >= 0.3 is 0 Å². The molecule has 1 aromatic carbocycles. The predicted molar refractivity (Wildman–Crippen MR) is 88.3 cm³/mol. The van der Waals surface area contributed by atoms with Crippen LogP contribution in [0.2, 0.25) is 0 Å². The standard InChI is InChI=1S/C18H24FN3O2/c1-20-5-7-22(8-6-20)18(23)14-10-21(2)17-13-9-12(19)3-4-16(13)24-11-15(14)17/h3-4,9,14-15,17H,5-8,10-11H2,1-2H3/t14-,15+,17+/m1/s1. The van der Waals surface area contributed by atoms with Crippen molar-refractivity contribution in [2.45, 2.75) is 6.04 Å². The number of likely N-dealkylation sites (N-methyl/N-ethyl adjacent to an activating group) is 1. The van der Waals surface area contributed by atoms with Gasteiger partial charge in [-0.2, -0.15) is 0 Å². The van der Waals surface area contributed by atoms with Gasteiger partial charge in [-0.1, -0.05) is 0 Å². The SMILES string of the molecule is CN1CCN(C(=O)[C@@H]2CN(C)[C@H]3c4cc(F)ccc4OC[C@@H]23)CC1. The van der Waals surface area contributed by atoms with Crippen LogP contribution in [-0.2, 0) is 4.79 Å². The van der Waals surface area contributed by atoms with Crippen LogP contribution < -0.4 is 4.74 Å². The van der Waals surface area contributed by atoms with E-state index in [0.29, 0.717) is 13.2 Å². The van der Waals surface area contributed by atoms with Crippen molar-refractivity contribution in [3.05, 3.63) is 29.6 Å². The number of amides is 1. The molecule has 2 fully saturated rings. The molecule has 0 aromatic heterocycles. The van der Waals surface area contributed by atoms with Crippen LogP contribution in [0.15, 0.2) is 18.2 Å². The Morgan fingerprint density at radius 1 is 1.21 bits per heavy atom. The molecule has 130 valence electrons. The minimum absolute atomic E-state index is 0.0610. The Kier molecular flexibility index (Phi) is 3.96. The Bertz CT molecular complexity index is 645. The molecule has 0 bridgehead atoms. The van der Waals surface area contributed by atoms with Gasteiger partial charge in [-0.15, -0.1) is 0 Å². The normalized spacial score (nSPS) is 30.6. The molecule has 3 aliphatic heterocycles. The summed E-state index contributed by atoms with van der Waals surface area (Å²) in [5.41, 5.74) is 0.877. The number of likely N-dealkylation sites (tertiary alicyclic amines) is 1. The van der Waals surface area contributed by atoms with E-state index in [1.54, 1.807) is 12.1 Å². The number of nitrogens with zero attached hydrogens (tertiary/aromatic N) is 3. The van der Waals surface area contributed by atoms with Gasteiger partial charge in [0.15, 0.2) is 0 Å². The molecule has 0 unspecified atom stereocenters. The summed E-state index contributed by atoms with van der Waals surface area (Å²) in [6, 6.07) is 4.75. The Hall–Kier alpha value is -1.66. The lowest BCUT2D eigenvalue weighted by Gasteiger charge is -2.36. The third-order valence-electron chi connectivity index (χ3n) is 5.74. The highest BCUT2D eigenvalue weighted by molar-refractivity contribution is 5.80. The van der Waals surface area contributed by atoms with Crippen molar-refractivity contribution >= 4 is 5.91 Å². The summed E-state index contributed by atoms with van der Waals surface area (Å²) < 4.78 is 19.6. The van der Waals surface area contributed by atoms with Crippen LogP contribution in [0.25, 0.3) is 0 Å². The fraction of sp³-hybridized carbons (Fsp3) is 0.611. The van der Waals surface area contributed by atoms with Crippen molar-refractivity contribution < 1.29 is 13.9 Å². The molecule has 5 nitrogen and oxygen atoms in total. The number of benzene rings is 1. The fourth-order valence-corrected chi connectivity index (χ4v) is 4.37. The minimum atomic E-state index is -0.250. The molecule has 4 rings (SSSR count). The first kappa shape index (κ1) is 15.8. The molecule has 0 N–H and O–H groups in total. The molecular weight excluding hydrogens is 309 g/mol. The lowest BCUT2D eigenvalue weighted by molar-refractivity contribution is -0.138. The number of fused-ring (bicyclic) bond motifs is 3. The molecular formula is C18H24FN3O2. The molecule has 0 radical (unpaired) electrons. The number of halogens is 1. The Morgan fingerprint density at radius 2 is 1.96 bits per heavy atom. The van der Waals surface area contributed by atoms with Gasteiger partial charge in [0.05, 0.1) is 12.5 Å². The van der Waals surface area contributed by atoms with E-state index in [9.17, 15) is 9.18 Å². The van der Waals surface area contributed by atoms with Crippen LogP contribution >= 0.6 is 0 Å². The molecule has 24 heavy (non-hydrogen) atoms. The lowest BCUT2D eigenvalue weighted by Crippen LogP contribution is -2.50. The van der Waals surface area contributed by atoms with E-state index >= 15 is 0 Å². The zero-order chi connectivity index (χ0) is 16.8. The Balaban J connectivity index is 1.57. The van der Waals surface area contributed by atoms with Crippen LogP contribution in [0.5, 0.6) is 5.75 Å². The predicted octanol–water partition coefficient (Wildman–Crippen LogP) is 1.21. The number of carbonyl (C=O) groups is 1. The quantitative estimate of drug-likeness (QED) is 0.774. The lowest BCUT2D eigenvalue weighted by atomic mass is 9.84. The van der Waals surface area contributed by atoms with Gasteiger partial charge in [0.25, 0.3) is 0 Å². The number of hydrogen-bond donors (Lipinski definition) is 0. The van der Waals surface area contributed by atoms with Crippen LogP contribution in [0.1, 0.15) is 11.6 Å². The van der Waals surface area contributed by atoms with E-state index in [1.165, 1.54) is 6.07 Å². The molecule has 1 amide bonds. The highest BCUT2D eigenvalue weighted by Gasteiger charge is 2.48. The first-order chi connectivity index (χ1) is 11.5. The second-order valence-corrected chi connectivity index (χ2v) is 7.28. The minimum Gasteiger partial charge on any atom is -0.493 e. The van der Waals surface area contributed by atoms with E-state index in [-0.39, 0.29) is 29.6 Å². The molecule has 6 heteroatoms. The van der Waals surface area contributed by atoms with Crippen molar-refractivity contribution in [1.82, 2.24) is 14.7 Å². The van der Waals surface area contributed by atoms with Gasteiger partial charge in [0, 0.05) is 50.2 Å².